The summed E-state index contributed by atoms with van der Waals surface area (Å²) >= 11 is 0. The highest BCUT2D eigenvalue weighted by molar-refractivity contribution is 5.90. The van der Waals surface area contributed by atoms with E-state index in [4.69, 9.17) is 9.47 Å². The van der Waals surface area contributed by atoms with Gasteiger partial charge in [0.15, 0.2) is 6.61 Å². The van der Waals surface area contributed by atoms with Crippen LogP contribution in [0, 0.1) is 24.7 Å². The van der Waals surface area contributed by atoms with Crippen LogP contribution in [-0.2, 0) is 14.3 Å². The van der Waals surface area contributed by atoms with Crippen molar-refractivity contribution in [2.24, 2.45) is 17.8 Å². The number of hydrogen-bond donors (Lipinski definition) is 0. The molecule has 1 aromatic rings. The second-order valence-corrected chi connectivity index (χ2v) is 7.30. The first kappa shape index (κ1) is 18.5. The Morgan fingerprint density at radius 1 is 1.25 bits per heavy atom. The lowest BCUT2D eigenvalue weighted by Gasteiger charge is -2.36. The summed E-state index contributed by atoms with van der Waals surface area (Å²) in [6.45, 7) is 8.09. The van der Waals surface area contributed by atoms with E-state index in [1.165, 1.54) is 6.42 Å². The summed E-state index contributed by atoms with van der Waals surface area (Å²) in [5, 5.41) is 0. The standard InChI is InChI=1S/C20H28O4/c1-13(2)17-9-8-15(4)11-18(17)24-19(21)12-23-20(22)16-7-5-6-14(3)10-16/h5-7,10,13,15,17-18H,8-9,11-12H2,1-4H3/t15-,17+,18+/m1/s1. The van der Waals surface area contributed by atoms with Crippen LogP contribution in [-0.4, -0.2) is 24.6 Å². The van der Waals surface area contributed by atoms with Gasteiger partial charge in [-0.3, -0.25) is 0 Å². The van der Waals surface area contributed by atoms with Crippen LogP contribution in [0.2, 0.25) is 0 Å². The van der Waals surface area contributed by atoms with E-state index in [0.29, 0.717) is 23.3 Å². The molecule has 0 aliphatic heterocycles. The Labute approximate surface area is 144 Å². The number of benzene rings is 1. The summed E-state index contributed by atoms with van der Waals surface area (Å²) < 4.78 is 10.7. The van der Waals surface area contributed by atoms with E-state index in [9.17, 15) is 9.59 Å². The second-order valence-electron chi connectivity index (χ2n) is 7.30. The number of hydrogen-bond acceptors (Lipinski definition) is 4. The van der Waals surface area contributed by atoms with Crippen LogP contribution in [0.3, 0.4) is 0 Å². The topological polar surface area (TPSA) is 52.6 Å². The Hall–Kier alpha value is -1.84. The summed E-state index contributed by atoms with van der Waals surface area (Å²) in [6.07, 6.45) is 3.08. The van der Waals surface area contributed by atoms with Crippen molar-refractivity contribution in [3.05, 3.63) is 35.4 Å². The lowest BCUT2D eigenvalue weighted by Crippen LogP contribution is -2.36. The van der Waals surface area contributed by atoms with Gasteiger partial charge in [-0.25, -0.2) is 9.59 Å². The van der Waals surface area contributed by atoms with Crippen LogP contribution in [0.25, 0.3) is 0 Å². The monoisotopic (exact) mass is 332 g/mol. The van der Waals surface area contributed by atoms with Gasteiger partial charge in [0, 0.05) is 0 Å². The van der Waals surface area contributed by atoms with Crippen LogP contribution >= 0.6 is 0 Å². The molecule has 0 heterocycles. The third-order valence-electron chi connectivity index (χ3n) is 4.82. The molecule has 132 valence electrons. The van der Waals surface area contributed by atoms with Crippen LogP contribution in [0.15, 0.2) is 24.3 Å². The molecule has 0 aromatic heterocycles. The summed E-state index contributed by atoms with van der Waals surface area (Å²) in [6, 6.07) is 7.12. The van der Waals surface area contributed by atoms with Gasteiger partial charge in [-0.15, -0.1) is 0 Å². The molecular formula is C20H28O4. The average Bonchev–Trinajstić information content (AvgIpc) is 2.52. The zero-order chi connectivity index (χ0) is 17.7. The van der Waals surface area contributed by atoms with Crippen molar-refractivity contribution in [1.82, 2.24) is 0 Å². The highest BCUT2D eigenvalue weighted by Crippen LogP contribution is 2.35. The first-order chi connectivity index (χ1) is 11.4. The fraction of sp³-hybridized carbons (Fsp3) is 0.600. The van der Waals surface area contributed by atoms with Crippen molar-refractivity contribution < 1.29 is 19.1 Å². The van der Waals surface area contributed by atoms with Gasteiger partial charge >= 0.3 is 11.9 Å². The van der Waals surface area contributed by atoms with Gasteiger partial charge < -0.3 is 9.47 Å². The highest BCUT2D eigenvalue weighted by Gasteiger charge is 2.33. The molecule has 0 bridgehead atoms. The Balaban J connectivity index is 1.86. The van der Waals surface area contributed by atoms with Crippen LogP contribution in [0.1, 0.15) is 56.0 Å². The van der Waals surface area contributed by atoms with Gasteiger partial charge in [0.2, 0.25) is 0 Å². The summed E-state index contributed by atoms with van der Waals surface area (Å²) in [5.74, 6) is 0.476. The normalized spacial score (nSPS) is 23.8. The largest absolute Gasteiger partial charge is 0.460 e. The van der Waals surface area contributed by atoms with Crippen LogP contribution < -0.4 is 0 Å². The molecule has 0 N–H and O–H groups in total. The fourth-order valence-electron chi connectivity index (χ4n) is 3.43. The van der Waals surface area contributed by atoms with E-state index < -0.39 is 11.9 Å². The highest BCUT2D eigenvalue weighted by atomic mass is 16.6. The average molecular weight is 332 g/mol. The zero-order valence-corrected chi connectivity index (χ0v) is 15.1. The predicted molar refractivity (Wildman–Crippen MR) is 92.7 cm³/mol. The maximum Gasteiger partial charge on any atom is 0.344 e. The zero-order valence-electron chi connectivity index (χ0n) is 15.1. The Morgan fingerprint density at radius 3 is 2.67 bits per heavy atom. The maximum absolute atomic E-state index is 12.1. The van der Waals surface area contributed by atoms with Crippen molar-refractivity contribution in [3.8, 4) is 0 Å². The molecule has 1 fully saturated rings. The first-order valence-corrected chi connectivity index (χ1v) is 8.80. The lowest BCUT2D eigenvalue weighted by molar-refractivity contribution is -0.159. The molecule has 1 saturated carbocycles. The number of carbonyl (C=O) groups excluding carboxylic acids is 2. The van der Waals surface area contributed by atoms with E-state index in [1.807, 2.05) is 13.0 Å². The third-order valence-corrected chi connectivity index (χ3v) is 4.82. The van der Waals surface area contributed by atoms with Crippen molar-refractivity contribution in [1.29, 1.82) is 0 Å². The number of aryl methyl sites for hydroxylation is 1. The molecule has 4 nitrogen and oxygen atoms in total. The fourth-order valence-corrected chi connectivity index (χ4v) is 3.43. The molecule has 24 heavy (non-hydrogen) atoms. The van der Waals surface area contributed by atoms with E-state index in [0.717, 1.165) is 18.4 Å². The van der Waals surface area contributed by atoms with Crippen molar-refractivity contribution in [3.63, 3.8) is 0 Å². The summed E-state index contributed by atoms with van der Waals surface area (Å²) in [5.41, 5.74) is 1.43. The minimum Gasteiger partial charge on any atom is -0.460 e. The molecule has 0 saturated heterocycles. The predicted octanol–water partition coefficient (Wildman–Crippen LogP) is 4.16. The Morgan fingerprint density at radius 2 is 2.00 bits per heavy atom. The molecule has 3 atom stereocenters. The summed E-state index contributed by atoms with van der Waals surface area (Å²) in [4.78, 5) is 24.1. The Bertz CT molecular complexity index is 579. The quantitative estimate of drug-likeness (QED) is 0.760. The molecule has 2 rings (SSSR count). The van der Waals surface area contributed by atoms with Crippen LogP contribution in [0.5, 0.6) is 0 Å². The first-order valence-electron chi connectivity index (χ1n) is 8.80. The van der Waals surface area contributed by atoms with Crippen LogP contribution in [0.4, 0.5) is 0 Å². The van der Waals surface area contributed by atoms with E-state index in [-0.39, 0.29) is 12.7 Å². The smallest absolute Gasteiger partial charge is 0.344 e. The molecule has 1 aromatic carbocycles. The van der Waals surface area contributed by atoms with Gasteiger partial charge in [-0.1, -0.05) is 44.9 Å². The van der Waals surface area contributed by atoms with Gasteiger partial charge in [-0.2, -0.15) is 0 Å². The van der Waals surface area contributed by atoms with Gasteiger partial charge in [0.05, 0.1) is 5.56 Å². The molecular weight excluding hydrogens is 304 g/mol. The van der Waals surface area contributed by atoms with Gasteiger partial charge in [0.25, 0.3) is 0 Å². The number of esters is 2. The molecule has 0 amide bonds. The molecule has 0 unspecified atom stereocenters. The number of ether oxygens (including phenoxy) is 2. The van der Waals surface area contributed by atoms with Crippen molar-refractivity contribution in [2.45, 2.75) is 53.1 Å². The SMILES string of the molecule is Cc1cccc(C(=O)OCC(=O)O[C@H]2C[C@H](C)CC[C@H]2C(C)C)c1. The molecule has 1 aliphatic rings. The minimum absolute atomic E-state index is 0.0704. The third kappa shape index (κ3) is 5.08. The maximum atomic E-state index is 12.1. The number of carbonyl (C=O) groups is 2. The van der Waals surface area contributed by atoms with Gasteiger partial charge in [-0.05, 0) is 49.7 Å². The Kier molecular flexibility index (Phi) is 6.41. The minimum atomic E-state index is -0.493. The second kappa shape index (κ2) is 8.32. The lowest BCUT2D eigenvalue weighted by atomic mass is 9.75. The van der Waals surface area contributed by atoms with E-state index >= 15 is 0 Å². The van der Waals surface area contributed by atoms with Crippen molar-refractivity contribution >= 4 is 11.9 Å². The summed E-state index contributed by atoms with van der Waals surface area (Å²) in [7, 11) is 0. The van der Waals surface area contributed by atoms with Crippen molar-refractivity contribution in [2.75, 3.05) is 6.61 Å². The molecule has 0 spiro atoms. The molecule has 4 heteroatoms. The van der Waals surface area contributed by atoms with E-state index in [2.05, 4.69) is 20.8 Å². The molecule has 1 aliphatic carbocycles. The molecule has 0 radical (unpaired) electrons. The van der Waals surface area contributed by atoms with Gasteiger partial charge in [0.1, 0.15) is 6.10 Å². The number of rotatable bonds is 5. The van der Waals surface area contributed by atoms with E-state index in [1.54, 1.807) is 18.2 Å².